The Morgan fingerprint density at radius 1 is 1.24 bits per heavy atom. The molecular formula is C16H15BrFNO2. The normalized spacial score (nSPS) is 10.3. The molecule has 0 aliphatic rings. The zero-order valence-electron chi connectivity index (χ0n) is 12.0. The molecule has 2 rings (SSSR count). The second-order valence-corrected chi connectivity index (χ2v) is 5.44. The Bertz CT molecular complexity index is 701. The molecule has 5 heteroatoms. The summed E-state index contributed by atoms with van der Waals surface area (Å²) in [4.78, 5) is 12.3. The zero-order valence-corrected chi connectivity index (χ0v) is 13.5. The lowest BCUT2D eigenvalue weighted by Gasteiger charge is -2.14. The van der Waals surface area contributed by atoms with Crippen molar-refractivity contribution in [3.05, 3.63) is 57.3 Å². The number of halogens is 2. The SMILES string of the molecule is COc1c(C)ccc(NC(=O)c2cccc(F)c2Br)c1C. The number of aryl methyl sites for hydroxylation is 1. The topological polar surface area (TPSA) is 38.3 Å². The van der Waals surface area contributed by atoms with Gasteiger partial charge in [-0.2, -0.15) is 0 Å². The molecule has 0 saturated heterocycles. The predicted molar refractivity (Wildman–Crippen MR) is 84.5 cm³/mol. The van der Waals surface area contributed by atoms with Gasteiger partial charge in [0.05, 0.1) is 17.1 Å². The summed E-state index contributed by atoms with van der Waals surface area (Å²) < 4.78 is 19.0. The number of amides is 1. The second kappa shape index (κ2) is 6.26. The van der Waals surface area contributed by atoms with Gasteiger partial charge in [-0.05, 0) is 53.5 Å². The Hall–Kier alpha value is -1.88. The van der Waals surface area contributed by atoms with Crippen molar-refractivity contribution >= 4 is 27.5 Å². The third-order valence-electron chi connectivity index (χ3n) is 3.25. The molecule has 1 N–H and O–H groups in total. The van der Waals surface area contributed by atoms with Gasteiger partial charge in [-0.1, -0.05) is 12.1 Å². The van der Waals surface area contributed by atoms with Gasteiger partial charge in [0.25, 0.3) is 5.91 Å². The van der Waals surface area contributed by atoms with Gasteiger partial charge >= 0.3 is 0 Å². The number of rotatable bonds is 3. The van der Waals surface area contributed by atoms with E-state index in [4.69, 9.17) is 4.74 Å². The fourth-order valence-corrected chi connectivity index (χ4v) is 2.59. The first kappa shape index (κ1) is 15.5. The summed E-state index contributed by atoms with van der Waals surface area (Å²) in [6.07, 6.45) is 0. The monoisotopic (exact) mass is 351 g/mol. The van der Waals surface area contributed by atoms with Crippen molar-refractivity contribution in [1.29, 1.82) is 0 Å². The molecule has 0 heterocycles. The van der Waals surface area contributed by atoms with Crippen LogP contribution in [0.2, 0.25) is 0 Å². The first-order valence-electron chi connectivity index (χ1n) is 6.35. The van der Waals surface area contributed by atoms with Gasteiger partial charge in [0.2, 0.25) is 0 Å². The van der Waals surface area contributed by atoms with Gasteiger partial charge in [0.15, 0.2) is 0 Å². The number of carbonyl (C=O) groups is 1. The second-order valence-electron chi connectivity index (χ2n) is 4.64. The van der Waals surface area contributed by atoms with Gasteiger partial charge in [0, 0.05) is 11.3 Å². The number of nitrogens with one attached hydrogen (secondary N) is 1. The molecule has 21 heavy (non-hydrogen) atoms. The van der Waals surface area contributed by atoms with Crippen LogP contribution in [0.1, 0.15) is 21.5 Å². The molecule has 0 atom stereocenters. The zero-order chi connectivity index (χ0) is 15.6. The maximum atomic E-state index is 13.5. The van der Waals surface area contributed by atoms with E-state index in [0.717, 1.165) is 16.9 Å². The summed E-state index contributed by atoms with van der Waals surface area (Å²) in [6, 6.07) is 8.02. The minimum Gasteiger partial charge on any atom is -0.496 e. The highest BCUT2D eigenvalue weighted by Gasteiger charge is 2.15. The van der Waals surface area contributed by atoms with Crippen molar-refractivity contribution in [1.82, 2.24) is 0 Å². The Labute approximate surface area is 131 Å². The molecule has 0 aromatic heterocycles. The number of hydrogen-bond acceptors (Lipinski definition) is 2. The van der Waals surface area contributed by atoms with E-state index >= 15 is 0 Å². The van der Waals surface area contributed by atoms with E-state index in [-0.39, 0.29) is 15.9 Å². The van der Waals surface area contributed by atoms with E-state index in [1.807, 2.05) is 19.9 Å². The molecule has 0 unspecified atom stereocenters. The highest BCUT2D eigenvalue weighted by atomic mass is 79.9. The van der Waals surface area contributed by atoms with Crippen molar-refractivity contribution in [2.45, 2.75) is 13.8 Å². The van der Waals surface area contributed by atoms with E-state index in [0.29, 0.717) is 5.69 Å². The number of benzene rings is 2. The maximum absolute atomic E-state index is 13.5. The molecule has 2 aromatic rings. The number of carbonyl (C=O) groups excluding carboxylic acids is 1. The summed E-state index contributed by atoms with van der Waals surface area (Å²) in [5, 5.41) is 2.78. The molecule has 0 radical (unpaired) electrons. The minimum absolute atomic E-state index is 0.152. The van der Waals surface area contributed by atoms with E-state index in [1.165, 1.54) is 12.1 Å². The molecule has 2 aromatic carbocycles. The Kier molecular flexibility index (Phi) is 4.63. The first-order chi connectivity index (χ1) is 9.95. The number of methoxy groups -OCH3 is 1. The molecule has 0 saturated carbocycles. The summed E-state index contributed by atoms with van der Waals surface area (Å²) in [5.41, 5.74) is 2.70. The highest BCUT2D eigenvalue weighted by Crippen LogP contribution is 2.30. The molecule has 0 aliphatic carbocycles. The molecule has 0 bridgehead atoms. The van der Waals surface area contributed by atoms with Crippen LogP contribution in [0.5, 0.6) is 5.75 Å². The predicted octanol–water partition coefficient (Wildman–Crippen LogP) is 4.47. The van der Waals surface area contributed by atoms with Gasteiger partial charge in [0.1, 0.15) is 11.6 Å². The summed E-state index contributed by atoms with van der Waals surface area (Å²) in [5.74, 6) is -0.123. The fraction of sp³-hybridized carbons (Fsp3) is 0.188. The quantitative estimate of drug-likeness (QED) is 0.885. The summed E-state index contributed by atoms with van der Waals surface area (Å²) in [7, 11) is 1.59. The van der Waals surface area contributed by atoms with Gasteiger partial charge in [-0.3, -0.25) is 4.79 Å². The molecule has 1 amide bonds. The molecule has 0 spiro atoms. The van der Waals surface area contributed by atoms with Crippen LogP contribution in [0.3, 0.4) is 0 Å². The van der Waals surface area contributed by atoms with Crippen LogP contribution in [-0.2, 0) is 0 Å². The molecular weight excluding hydrogens is 337 g/mol. The third-order valence-corrected chi connectivity index (χ3v) is 4.06. The smallest absolute Gasteiger partial charge is 0.256 e. The van der Waals surface area contributed by atoms with Crippen molar-refractivity contribution in [3.63, 3.8) is 0 Å². The lowest BCUT2D eigenvalue weighted by Crippen LogP contribution is -2.14. The van der Waals surface area contributed by atoms with Gasteiger partial charge < -0.3 is 10.1 Å². The average molecular weight is 352 g/mol. The van der Waals surface area contributed by atoms with Crippen LogP contribution in [0.25, 0.3) is 0 Å². The Balaban J connectivity index is 2.34. The van der Waals surface area contributed by atoms with Crippen LogP contribution in [0, 0.1) is 19.7 Å². The van der Waals surface area contributed by atoms with Crippen LogP contribution in [-0.4, -0.2) is 13.0 Å². The highest BCUT2D eigenvalue weighted by molar-refractivity contribution is 9.10. The molecule has 3 nitrogen and oxygen atoms in total. The molecule has 0 aliphatic heterocycles. The number of hydrogen-bond donors (Lipinski definition) is 1. The minimum atomic E-state index is -0.471. The standard InChI is InChI=1S/C16H15BrFNO2/c1-9-7-8-13(10(2)15(9)21-3)19-16(20)11-5-4-6-12(18)14(11)17/h4-8H,1-3H3,(H,19,20). The van der Waals surface area contributed by atoms with E-state index in [9.17, 15) is 9.18 Å². The Morgan fingerprint density at radius 2 is 1.95 bits per heavy atom. The van der Waals surface area contributed by atoms with E-state index < -0.39 is 5.82 Å². The van der Waals surface area contributed by atoms with Crippen molar-refractivity contribution in [2.24, 2.45) is 0 Å². The van der Waals surface area contributed by atoms with E-state index in [2.05, 4.69) is 21.2 Å². The average Bonchev–Trinajstić information content (AvgIpc) is 2.45. The van der Waals surface area contributed by atoms with E-state index in [1.54, 1.807) is 19.2 Å². The van der Waals surface area contributed by atoms with Crippen LogP contribution < -0.4 is 10.1 Å². The fourth-order valence-electron chi connectivity index (χ4n) is 2.15. The third kappa shape index (κ3) is 3.08. The molecule has 110 valence electrons. The maximum Gasteiger partial charge on any atom is 0.256 e. The van der Waals surface area contributed by atoms with Crippen molar-refractivity contribution in [3.8, 4) is 5.75 Å². The first-order valence-corrected chi connectivity index (χ1v) is 7.14. The van der Waals surface area contributed by atoms with Crippen LogP contribution in [0.4, 0.5) is 10.1 Å². The number of ether oxygens (including phenoxy) is 1. The van der Waals surface area contributed by atoms with Gasteiger partial charge in [-0.25, -0.2) is 4.39 Å². The van der Waals surface area contributed by atoms with Crippen molar-refractivity contribution in [2.75, 3.05) is 12.4 Å². The lowest BCUT2D eigenvalue weighted by molar-refractivity contribution is 0.102. The summed E-state index contributed by atoms with van der Waals surface area (Å²) >= 11 is 3.09. The van der Waals surface area contributed by atoms with Crippen molar-refractivity contribution < 1.29 is 13.9 Å². The summed E-state index contributed by atoms with van der Waals surface area (Å²) in [6.45, 7) is 3.79. The van der Waals surface area contributed by atoms with Crippen LogP contribution in [0.15, 0.2) is 34.8 Å². The number of anilines is 1. The lowest BCUT2D eigenvalue weighted by atomic mass is 10.1. The Morgan fingerprint density at radius 3 is 2.62 bits per heavy atom. The van der Waals surface area contributed by atoms with Crippen LogP contribution >= 0.6 is 15.9 Å². The molecule has 0 fully saturated rings. The van der Waals surface area contributed by atoms with Gasteiger partial charge in [-0.15, -0.1) is 0 Å². The largest absolute Gasteiger partial charge is 0.496 e.